The van der Waals surface area contributed by atoms with Crippen molar-refractivity contribution in [1.29, 1.82) is 0 Å². The number of aliphatic carboxylic acids is 2. The number of carboxylic acids is 2. The molecule has 0 bridgehead atoms. The van der Waals surface area contributed by atoms with Crippen molar-refractivity contribution in [3.8, 4) is 0 Å². The van der Waals surface area contributed by atoms with Gasteiger partial charge in [-0.2, -0.15) is 0 Å². The molecule has 0 saturated heterocycles. The van der Waals surface area contributed by atoms with Crippen molar-refractivity contribution in [2.24, 2.45) is 0 Å². The molecule has 1 atom stereocenters. The monoisotopic (exact) mass is 360 g/mol. The van der Waals surface area contributed by atoms with Crippen LogP contribution in [0.2, 0.25) is 0 Å². The number of benzene rings is 1. The molecule has 0 saturated carbocycles. The van der Waals surface area contributed by atoms with E-state index in [1.165, 1.54) is 12.1 Å². The van der Waals surface area contributed by atoms with E-state index in [0.717, 1.165) is 6.07 Å². The average Bonchev–Trinajstić information content (AvgIpc) is 2.36. The summed E-state index contributed by atoms with van der Waals surface area (Å²) >= 11 is 2.89. The van der Waals surface area contributed by atoms with Crippen molar-refractivity contribution in [1.82, 2.24) is 5.32 Å². The number of carbonyl (C=O) groups excluding carboxylic acids is 1. The second-order valence-electron chi connectivity index (χ2n) is 3.86. The van der Waals surface area contributed by atoms with E-state index in [9.17, 15) is 24.5 Å². The summed E-state index contributed by atoms with van der Waals surface area (Å²) in [5.74, 6) is -3.85. The number of nitro groups is 1. The first-order chi connectivity index (χ1) is 9.73. The molecule has 0 aliphatic carbocycles. The minimum absolute atomic E-state index is 0.119. The van der Waals surface area contributed by atoms with Crippen LogP contribution in [-0.2, 0) is 9.59 Å². The molecule has 0 heterocycles. The standard InChI is InChI=1S/C11H9BrN2O7/c12-9-5(2-1-3-7(9)14(20)21)10(17)13-6(11(18)19)4-8(15)16/h1-3,6H,4H2,(H,13,17)(H,15,16)(H,18,19)/t6-/m0/s1. The number of halogens is 1. The zero-order valence-electron chi connectivity index (χ0n) is 10.3. The first-order valence-electron chi connectivity index (χ1n) is 5.42. The van der Waals surface area contributed by atoms with Gasteiger partial charge in [-0.3, -0.25) is 19.7 Å². The van der Waals surface area contributed by atoms with E-state index in [4.69, 9.17) is 10.2 Å². The summed E-state index contributed by atoms with van der Waals surface area (Å²) in [5, 5.41) is 30.2. The Balaban J connectivity index is 3.03. The highest BCUT2D eigenvalue weighted by atomic mass is 79.9. The molecule has 0 aromatic heterocycles. The lowest BCUT2D eigenvalue weighted by molar-refractivity contribution is -0.385. The molecular weight excluding hydrogens is 352 g/mol. The van der Waals surface area contributed by atoms with Crippen LogP contribution in [0.5, 0.6) is 0 Å². The Morgan fingerprint density at radius 1 is 1.33 bits per heavy atom. The number of carboxylic acid groups (broad SMARTS) is 2. The Morgan fingerprint density at radius 2 is 1.95 bits per heavy atom. The van der Waals surface area contributed by atoms with Gasteiger partial charge in [0.05, 0.1) is 16.9 Å². The number of nitrogens with zero attached hydrogens (tertiary/aromatic N) is 1. The van der Waals surface area contributed by atoms with Crippen LogP contribution in [0.3, 0.4) is 0 Å². The van der Waals surface area contributed by atoms with Gasteiger partial charge in [-0.05, 0) is 22.0 Å². The summed E-state index contributed by atoms with van der Waals surface area (Å²) in [7, 11) is 0. The molecule has 0 radical (unpaired) electrons. The van der Waals surface area contributed by atoms with E-state index in [0.29, 0.717) is 0 Å². The number of hydrogen-bond acceptors (Lipinski definition) is 5. The highest BCUT2D eigenvalue weighted by molar-refractivity contribution is 9.10. The summed E-state index contributed by atoms with van der Waals surface area (Å²) < 4.78 is -0.119. The number of nitro benzene ring substituents is 1. The third-order valence-corrected chi connectivity index (χ3v) is 3.24. The van der Waals surface area contributed by atoms with E-state index in [-0.39, 0.29) is 15.7 Å². The minimum Gasteiger partial charge on any atom is -0.481 e. The van der Waals surface area contributed by atoms with Crippen molar-refractivity contribution < 1.29 is 29.5 Å². The highest BCUT2D eigenvalue weighted by Gasteiger charge is 2.26. The van der Waals surface area contributed by atoms with Gasteiger partial charge >= 0.3 is 11.9 Å². The van der Waals surface area contributed by atoms with Gasteiger partial charge in [-0.25, -0.2) is 4.79 Å². The zero-order chi connectivity index (χ0) is 16.2. The Bertz CT molecular complexity index is 617. The number of hydrogen-bond donors (Lipinski definition) is 3. The van der Waals surface area contributed by atoms with Gasteiger partial charge in [0.25, 0.3) is 11.6 Å². The molecule has 1 amide bonds. The molecule has 1 aromatic carbocycles. The average molecular weight is 361 g/mol. The van der Waals surface area contributed by atoms with Gasteiger partial charge in [-0.15, -0.1) is 0 Å². The quantitative estimate of drug-likeness (QED) is 0.506. The zero-order valence-corrected chi connectivity index (χ0v) is 11.9. The molecule has 0 unspecified atom stereocenters. The van der Waals surface area contributed by atoms with Gasteiger partial charge in [0.1, 0.15) is 10.5 Å². The molecule has 10 heteroatoms. The fourth-order valence-electron chi connectivity index (χ4n) is 1.45. The van der Waals surface area contributed by atoms with Gasteiger partial charge < -0.3 is 15.5 Å². The van der Waals surface area contributed by atoms with E-state index in [1.54, 1.807) is 0 Å². The molecule has 1 aromatic rings. The molecule has 1 rings (SSSR count). The molecule has 3 N–H and O–H groups in total. The SMILES string of the molecule is O=C(O)C[C@H](NC(=O)c1cccc([N+](=O)[O-])c1Br)C(=O)O. The van der Waals surface area contributed by atoms with Crippen LogP contribution in [0, 0.1) is 10.1 Å². The van der Waals surface area contributed by atoms with E-state index < -0.39 is 35.2 Å². The molecule has 0 aliphatic heterocycles. The van der Waals surface area contributed by atoms with E-state index in [2.05, 4.69) is 15.9 Å². The Hall–Kier alpha value is -2.49. The Kier molecular flexibility index (Phi) is 5.36. The molecule has 21 heavy (non-hydrogen) atoms. The van der Waals surface area contributed by atoms with Crippen molar-refractivity contribution in [3.63, 3.8) is 0 Å². The predicted octanol–water partition coefficient (Wildman–Crippen LogP) is 1.01. The third kappa shape index (κ3) is 4.24. The summed E-state index contributed by atoms with van der Waals surface area (Å²) in [6, 6.07) is 2.02. The first-order valence-corrected chi connectivity index (χ1v) is 6.21. The van der Waals surface area contributed by atoms with Crippen LogP contribution < -0.4 is 5.32 Å². The number of carbonyl (C=O) groups is 3. The number of nitrogens with one attached hydrogen (secondary N) is 1. The summed E-state index contributed by atoms with van der Waals surface area (Å²) in [4.78, 5) is 43.3. The van der Waals surface area contributed by atoms with Crippen molar-refractivity contribution in [3.05, 3.63) is 38.3 Å². The maximum atomic E-state index is 11.9. The highest BCUT2D eigenvalue weighted by Crippen LogP contribution is 2.28. The maximum absolute atomic E-state index is 11.9. The van der Waals surface area contributed by atoms with Crippen LogP contribution in [-0.4, -0.2) is 39.0 Å². The molecular formula is C11H9BrN2O7. The van der Waals surface area contributed by atoms with Crippen LogP contribution >= 0.6 is 15.9 Å². The van der Waals surface area contributed by atoms with Gasteiger partial charge in [0, 0.05) is 6.07 Å². The Labute approximate surface area is 125 Å². The molecule has 0 aliphatic rings. The molecule has 9 nitrogen and oxygen atoms in total. The van der Waals surface area contributed by atoms with Crippen LogP contribution in [0.25, 0.3) is 0 Å². The normalized spacial score (nSPS) is 11.5. The van der Waals surface area contributed by atoms with Gasteiger partial charge in [0.2, 0.25) is 0 Å². The fraction of sp³-hybridized carbons (Fsp3) is 0.182. The summed E-state index contributed by atoms with van der Waals surface area (Å²) in [5.41, 5.74) is -0.534. The number of amides is 1. The first kappa shape index (κ1) is 16.6. The molecule has 0 fully saturated rings. The van der Waals surface area contributed by atoms with Crippen molar-refractivity contribution in [2.75, 3.05) is 0 Å². The summed E-state index contributed by atoms with van der Waals surface area (Å²) in [6.45, 7) is 0. The van der Waals surface area contributed by atoms with E-state index >= 15 is 0 Å². The predicted molar refractivity (Wildman–Crippen MR) is 71.9 cm³/mol. The van der Waals surface area contributed by atoms with Crippen LogP contribution in [0.15, 0.2) is 22.7 Å². The van der Waals surface area contributed by atoms with Gasteiger partial charge in [0.15, 0.2) is 0 Å². The Morgan fingerprint density at radius 3 is 2.43 bits per heavy atom. The number of rotatable bonds is 6. The van der Waals surface area contributed by atoms with Gasteiger partial charge in [-0.1, -0.05) is 6.07 Å². The smallest absolute Gasteiger partial charge is 0.326 e. The lowest BCUT2D eigenvalue weighted by atomic mass is 10.1. The maximum Gasteiger partial charge on any atom is 0.326 e. The fourth-order valence-corrected chi connectivity index (χ4v) is 2.04. The lowest BCUT2D eigenvalue weighted by Gasteiger charge is -2.13. The topological polar surface area (TPSA) is 147 Å². The summed E-state index contributed by atoms with van der Waals surface area (Å²) in [6.07, 6.45) is -0.812. The largest absolute Gasteiger partial charge is 0.481 e. The molecule has 0 spiro atoms. The van der Waals surface area contributed by atoms with Crippen molar-refractivity contribution >= 4 is 39.5 Å². The second kappa shape index (κ2) is 6.79. The third-order valence-electron chi connectivity index (χ3n) is 2.40. The lowest BCUT2D eigenvalue weighted by Crippen LogP contribution is -2.42. The van der Waals surface area contributed by atoms with Crippen LogP contribution in [0.1, 0.15) is 16.8 Å². The van der Waals surface area contributed by atoms with Crippen LogP contribution in [0.4, 0.5) is 5.69 Å². The second-order valence-corrected chi connectivity index (χ2v) is 4.65. The van der Waals surface area contributed by atoms with E-state index in [1.807, 2.05) is 5.32 Å². The minimum atomic E-state index is -1.64. The van der Waals surface area contributed by atoms with Crippen molar-refractivity contribution in [2.45, 2.75) is 12.5 Å². The molecule has 112 valence electrons.